The molecular formula is C17H20N2O3. The molecule has 22 heavy (non-hydrogen) atoms. The maximum Gasteiger partial charge on any atom is 0.200 e. The molecule has 0 saturated carbocycles. The van der Waals surface area contributed by atoms with Gasteiger partial charge < -0.3 is 14.6 Å². The fourth-order valence-electron chi connectivity index (χ4n) is 1.98. The van der Waals surface area contributed by atoms with Crippen LogP contribution in [-0.4, -0.2) is 25.5 Å². The van der Waals surface area contributed by atoms with Gasteiger partial charge in [0.1, 0.15) is 0 Å². The first-order chi connectivity index (χ1) is 10.5. The van der Waals surface area contributed by atoms with Crippen LogP contribution in [0, 0.1) is 13.8 Å². The monoisotopic (exact) mass is 300 g/mol. The summed E-state index contributed by atoms with van der Waals surface area (Å²) in [5.74, 6) is 0.656. The van der Waals surface area contributed by atoms with Crippen molar-refractivity contribution >= 4 is 11.9 Å². The molecule has 0 aliphatic heterocycles. The van der Waals surface area contributed by atoms with Crippen molar-refractivity contribution in [3.63, 3.8) is 0 Å². The average molecular weight is 300 g/mol. The number of nitrogens with zero attached hydrogens (tertiary/aromatic N) is 1. The van der Waals surface area contributed by atoms with Crippen molar-refractivity contribution in [2.45, 2.75) is 13.8 Å². The molecule has 2 N–H and O–H groups in total. The van der Waals surface area contributed by atoms with Gasteiger partial charge in [0.25, 0.3) is 0 Å². The van der Waals surface area contributed by atoms with Gasteiger partial charge in [-0.15, -0.1) is 0 Å². The molecule has 5 nitrogen and oxygen atoms in total. The summed E-state index contributed by atoms with van der Waals surface area (Å²) in [4.78, 5) is 0. The molecule has 0 aliphatic carbocycles. The Labute approximate surface area is 130 Å². The van der Waals surface area contributed by atoms with Gasteiger partial charge in [-0.25, -0.2) is 0 Å². The van der Waals surface area contributed by atoms with Crippen molar-refractivity contribution in [3.05, 3.63) is 47.0 Å². The molecule has 5 heteroatoms. The molecule has 0 unspecified atom stereocenters. The Morgan fingerprint density at radius 1 is 1.00 bits per heavy atom. The summed E-state index contributed by atoms with van der Waals surface area (Å²) >= 11 is 0. The highest BCUT2D eigenvalue weighted by atomic mass is 16.5. The fraction of sp³-hybridized carbons (Fsp3) is 0.235. The number of methoxy groups -OCH3 is 2. The Morgan fingerprint density at radius 2 is 1.64 bits per heavy atom. The summed E-state index contributed by atoms with van der Waals surface area (Å²) in [6.07, 6.45) is 1.64. The molecule has 2 aromatic rings. The number of phenols is 1. The molecule has 0 heterocycles. The van der Waals surface area contributed by atoms with Crippen LogP contribution in [0.5, 0.6) is 17.2 Å². The lowest BCUT2D eigenvalue weighted by atomic mass is 10.1. The molecule has 0 spiro atoms. The van der Waals surface area contributed by atoms with Crippen LogP contribution in [0.3, 0.4) is 0 Å². The first-order valence-electron chi connectivity index (χ1n) is 6.86. The van der Waals surface area contributed by atoms with Gasteiger partial charge in [-0.3, -0.25) is 5.43 Å². The number of benzene rings is 2. The minimum atomic E-state index is -0.0238. The minimum absolute atomic E-state index is 0.0238. The van der Waals surface area contributed by atoms with E-state index in [9.17, 15) is 5.11 Å². The standard InChI is InChI=1S/C17H20N2O3/c1-11-5-6-14(7-12(11)2)19-18-10-13-8-15(21-3)17(20)16(9-13)22-4/h5-10,19-20H,1-4H3. The number of hydrazone groups is 1. The Hall–Kier alpha value is -2.69. The van der Waals surface area contributed by atoms with Crippen molar-refractivity contribution in [1.82, 2.24) is 0 Å². The number of hydrogen-bond acceptors (Lipinski definition) is 5. The maximum atomic E-state index is 9.86. The minimum Gasteiger partial charge on any atom is -0.502 e. The lowest BCUT2D eigenvalue weighted by Gasteiger charge is -2.09. The predicted octanol–water partition coefficient (Wildman–Crippen LogP) is 3.47. The topological polar surface area (TPSA) is 63.1 Å². The van der Waals surface area contributed by atoms with Gasteiger partial charge >= 0.3 is 0 Å². The summed E-state index contributed by atoms with van der Waals surface area (Å²) < 4.78 is 10.2. The van der Waals surface area contributed by atoms with E-state index in [4.69, 9.17) is 9.47 Å². The van der Waals surface area contributed by atoms with E-state index in [1.54, 1.807) is 18.3 Å². The van der Waals surface area contributed by atoms with Crippen LogP contribution in [0.1, 0.15) is 16.7 Å². The lowest BCUT2D eigenvalue weighted by molar-refractivity contribution is 0.340. The molecule has 0 atom stereocenters. The van der Waals surface area contributed by atoms with Crippen molar-refractivity contribution in [2.24, 2.45) is 5.10 Å². The van der Waals surface area contributed by atoms with Gasteiger partial charge in [0.15, 0.2) is 11.5 Å². The van der Waals surface area contributed by atoms with Crippen LogP contribution in [-0.2, 0) is 0 Å². The number of ether oxygens (including phenoxy) is 2. The smallest absolute Gasteiger partial charge is 0.200 e. The number of hydrogen-bond donors (Lipinski definition) is 2. The second kappa shape index (κ2) is 6.85. The number of phenolic OH excluding ortho intramolecular Hbond substituents is 1. The first-order valence-corrected chi connectivity index (χ1v) is 6.86. The summed E-state index contributed by atoms with van der Waals surface area (Å²) in [5.41, 5.74) is 7.08. The summed E-state index contributed by atoms with van der Waals surface area (Å²) in [5, 5.41) is 14.1. The van der Waals surface area contributed by atoms with E-state index in [2.05, 4.69) is 24.4 Å². The third-order valence-corrected chi connectivity index (χ3v) is 3.42. The highest BCUT2D eigenvalue weighted by molar-refractivity contribution is 5.83. The van der Waals surface area contributed by atoms with E-state index in [1.807, 2.05) is 18.2 Å². The second-order valence-corrected chi connectivity index (χ2v) is 4.94. The molecule has 116 valence electrons. The zero-order chi connectivity index (χ0) is 16.1. The predicted molar refractivity (Wildman–Crippen MR) is 88.3 cm³/mol. The molecule has 0 saturated heterocycles. The highest BCUT2D eigenvalue weighted by Gasteiger charge is 2.10. The van der Waals surface area contributed by atoms with E-state index in [0.29, 0.717) is 11.5 Å². The van der Waals surface area contributed by atoms with Crippen LogP contribution in [0.2, 0.25) is 0 Å². The molecule has 0 radical (unpaired) electrons. The van der Waals surface area contributed by atoms with E-state index in [1.165, 1.54) is 25.3 Å². The van der Waals surface area contributed by atoms with Crippen molar-refractivity contribution in [2.75, 3.05) is 19.6 Å². The van der Waals surface area contributed by atoms with Crippen LogP contribution < -0.4 is 14.9 Å². The van der Waals surface area contributed by atoms with E-state index in [-0.39, 0.29) is 5.75 Å². The van der Waals surface area contributed by atoms with E-state index >= 15 is 0 Å². The van der Waals surface area contributed by atoms with Crippen molar-refractivity contribution in [1.29, 1.82) is 0 Å². The maximum absolute atomic E-state index is 9.86. The zero-order valence-corrected chi connectivity index (χ0v) is 13.2. The normalized spacial score (nSPS) is 10.7. The van der Waals surface area contributed by atoms with Gasteiger partial charge in [-0.1, -0.05) is 6.07 Å². The summed E-state index contributed by atoms with van der Waals surface area (Å²) in [7, 11) is 2.98. The number of aryl methyl sites for hydroxylation is 2. The molecule has 0 fully saturated rings. The van der Waals surface area contributed by atoms with Gasteiger partial charge in [0.2, 0.25) is 5.75 Å². The zero-order valence-electron chi connectivity index (χ0n) is 13.2. The number of rotatable bonds is 5. The van der Waals surface area contributed by atoms with Gasteiger partial charge in [0.05, 0.1) is 26.1 Å². The van der Waals surface area contributed by atoms with Crippen LogP contribution in [0.4, 0.5) is 5.69 Å². The van der Waals surface area contributed by atoms with E-state index in [0.717, 1.165) is 11.3 Å². The quantitative estimate of drug-likeness (QED) is 0.655. The number of anilines is 1. The SMILES string of the molecule is COc1cc(C=NNc2ccc(C)c(C)c2)cc(OC)c1O. The summed E-state index contributed by atoms with van der Waals surface area (Å²) in [6.45, 7) is 4.12. The largest absolute Gasteiger partial charge is 0.502 e. The number of aromatic hydroxyl groups is 1. The van der Waals surface area contributed by atoms with Crippen LogP contribution >= 0.6 is 0 Å². The van der Waals surface area contributed by atoms with E-state index < -0.39 is 0 Å². The molecule has 2 rings (SSSR count). The Bertz CT molecular complexity index is 671. The Kier molecular flexibility index (Phi) is 4.88. The lowest BCUT2D eigenvalue weighted by Crippen LogP contribution is -1.95. The molecule has 2 aromatic carbocycles. The van der Waals surface area contributed by atoms with Crippen LogP contribution in [0.15, 0.2) is 35.4 Å². The third kappa shape index (κ3) is 3.49. The summed E-state index contributed by atoms with van der Waals surface area (Å²) in [6, 6.07) is 9.41. The number of nitrogens with one attached hydrogen (secondary N) is 1. The van der Waals surface area contributed by atoms with Gasteiger partial charge in [0, 0.05) is 5.56 Å². The first kappa shape index (κ1) is 15.7. The van der Waals surface area contributed by atoms with Crippen LogP contribution in [0.25, 0.3) is 0 Å². The van der Waals surface area contributed by atoms with Crippen molar-refractivity contribution < 1.29 is 14.6 Å². The molecule has 0 aromatic heterocycles. The van der Waals surface area contributed by atoms with Gasteiger partial charge in [-0.05, 0) is 49.2 Å². The third-order valence-electron chi connectivity index (χ3n) is 3.42. The fourth-order valence-corrected chi connectivity index (χ4v) is 1.98. The molecular weight excluding hydrogens is 280 g/mol. The molecule has 0 aliphatic rings. The average Bonchev–Trinajstić information content (AvgIpc) is 2.52. The highest BCUT2D eigenvalue weighted by Crippen LogP contribution is 2.36. The Morgan fingerprint density at radius 3 is 2.18 bits per heavy atom. The van der Waals surface area contributed by atoms with Gasteiger partial charge in [-0.2, -0.15) is 5.10 Å². The Balaban J connectivity index is 2.17. The molecule has 0 bridgehead atoms. The second-order valence-electron chi connectivity index (χ2n) is 4.94. The molecule has 0 amide bonds. The van der Waals surface area contributed by atoms with Crippen molar-refractivity contribution in [3.8, 4) is 17.2 Å².